The Bertz CT molecular complexity index is 1050. The molecule has 0 aliphatic carbocycles. The molecular formula is C20H17BrClN3O3. The smallest absolute Gasteiger partial charge is 0.253 e. The van der Waals surface area contributed by atoms with Crippen LogP contribution in [0, 0.1) is 0 Å². The van der Waals surface area contributed by atoms with Crippen molar-refractivity contribution in [1.82, 2.24) is 14.9 Å². The number of rotatable bonds is 6. The first kappa shape index (κ1) is 20.1. The van der Waals surface area contributed by atoms with Crippen molar-refractivity contribution in [2.24, 2.45) is 0 Å². The van der Waals surface area contributed by atoms with Gasteiger partial charge in [0.25, 0.3) is 11.5 Å². The van der Waals surface area contributed by atoms with E-state index >= 15 is 0 Å². The third-order valence-electron chi connectivity index (χ3n) is 4.08. The van der Waals surface area contributed by atoms with E-state index in [-0.39, 0.29) is 18.0 Å². The first-order chi connectivity index (χ1) is 13.5. The van der Waals surface area contributed by atoms with Gasteiger partial charge in [0.15, 0.2) is 0 Å². The van der Waals surface area contributed by atoms with Gasteiger partial charge in [-0.1, -0.05) is 27.5 Å². The molecule has 0 aliphatic rings. The largest absolute Gasteiger partial charge is 0.497 e. The van der Waals surface area contributed by atoms with Crippen molar-refractivity contribution in [2.45, 2.75) is 6.54 Å². The van der Waals surface area contributed by atoms with Gasteiger partial charge in [-0.3, -0.25) is 14.2 Å². The first-order valence-electron chi connectivity index (χ1n) is 8.42. The minimum Gasteiger partial charge on any atom is -0.497 e. The van der Waals surface area contributed by atoms with Crippen molar-refractivity contribution >= 4 is 33.4 Å². The first-order valence-corrected chi connectivity index (χ1v) is 9.59. The maximum Gasteiger partial charge on any atom is 0.253 e. The Morgan fingerprint density at radius 2 is 1.96 bits per heavy atom. The lowest BCUT2D eigenvalue weighted by Gasteiger charge is -2.09. The van der Waals surface area contributed by atoms with Crippen molar-refractivity contribution < 1.29 is 9.53 Å². The number of methoxy groups -OCH3 is 1. The molecule has 1 amide bonds. The number of nitrogens with one attached hydrogen (secondary N) is 1. The maximum absolute atomic E-state index is 12.3. The lowest BCUT2D eigenvalue weighted by molar-refractivity contribution is 0.0952. The van der Waals surface area contributed by atoms with Crippen LogP contribution in [0.3, 0.4) is 0 Å². The highest BCUT2D eigenvalue weighted by Gasteiger charge is 2.10. The van der Waals surface area contributed by atoms with Crippen molar-refractivity contribution in [2.75, 3.05) is 13.7 Å². The minimum absolute atomic E-state index is 0.199. The second-order valence-corrected chi connectivity index (χ2v) is 7.24. The molecule has 0 radical (unpaired) electrons. The van der Waals surface area contributed by atoms with Gasteiger partial charge in [0.05, 0.1) is 29.7 Å². The Balaban J connectivity index is 1.64. The summed E-state index contributed by atoms with van der Waals surface area (Å²) in [4.78, 5) is 28.9. The highest BCUT2D eigenvalue weighted by atomic mass is 79.9. The molecule has 0 saturated heterocycles. The third kappa shape index (κ3) is 4.79. The van der Waals surface area contributed by atoms with Crippen LogP contribution in [0.1, 0.15) is 10.4 Å². The number of benzene rings is 2. The van der Waals surface area contributed by atoms with E-state index in [0.29, 0.717) is 22.8 Å². The van der Waals surface area contributed by atoms with E-state index in [1.165, 1.54) is 17.0 Å². The number of hydrogen-bond acceptors (Lipinski definition) is 4. The third-order valence-corrected chi connectivity index (χ3v) is 4.90. The summed E-state index contributed by atoms with van der Waals surface area (Å²) in [6.45, 7) is 0.567. The summed E-state index contributed by atoms with van der Waals surface area (Å²) in [6, 6.07) is 13.8. The zero-order chi connectivity index (χ0) is 20.1. The molecular weight excluding hydrogens is 446 g/mol. The number of nitrogens with zero attached hydrogens (tertiary/aromatic N) is 2. The molecule has 0 saturated carbocycles. The number of amides is 1. The zero-order valence-corrected chi connectivity index (χ0v) is 17.3. The number of hydrogen-bond donors (Lipinski definition) is 1. The Hall–Kier alpha value is -2.64. The second kappa shape index (κ2) is 9.03. The molecule has 0 bridgehead atoms. The number of carbonyl (C=O) groups is 1. The topological polar surface area (TPSA) is 73.2 Å². The summed E-state index contributed by atoms with van der Waals surface area (Å²) in [5.74, 6) is 0.431. The fraction of sp³-hybridized carbons (Fsp3) is 0.150. The molecule has 0 fully saturated rings. The summed E-state index contributed by atoms with van der Waals surface area (Å²) in [7, 11) is 1.60. The monoisotopic (exact) mass is 461 g/mol. The van der Waals surface area contributed by atoms with Gasteiger partial charge < -0.3 is 10.1 Å². The fourth-order valence-corrected chi connectivity index (χ4v) is 3.13. The van der Waals surface area contributed by atoms with E-state index < -0.39 is 0 Å². The summed E-state index contributed by atoms with van der Waals surface area (Å²) >= 11 is 9.37. The fourth-order valence-electron chi connectivity index (χ4n) is 2.57. The van der Waals surface area contributed by atoms with Crippen molar-refractivity contribution in [3.63, 3.8) is 0 Å². The summed E-state index contributed by atoms with van der Waals surface area (Å²) in [5.41, 5.74) is 1.57. The molecule has 3 aromatic rings. The van der Waals surface area contributed by atoms with Crippen LogP contribution < -0.4 is 15.6 Å². The van der Waals surface area contributed by atoms with E-state index in [9.17, 15) is 9.59 Å². The highest BCUT2D eigenvalue weighted by Crippen LogP contribution is 2.21. The number of aromatic nitrogens is 2. The molecule has 1 N–H and O–H groups in total. The minimum atomic E-state index is -0.304. The second-order valence-electron chi connectivity index (χ2n) is 5.91. The van der Waals surface area contributed by atoms with Gasteiger partial charge in [-0.15, -0.1) is 0 Å². The molecule has 6 nitrogen and oxygen atoms in total. The normalized spacial score (nSPS) is 10.5. The number of halogens is 2. The molecule has 8 heteroatoms. The molecule has 0 spiro atoms. The van der Waals surface area contributed by atoms with Crippen molar-refractivity contribution in [3.05, 3.63) is 80.3 Å². The van der Waals surface area contributed by atoms with Gasteiger partial charge in [0, 0.05) is 29.2 Å². The van der Waals surface area contributed by atoms with Gasteiger partial charge >= 0.3 is 0 Å². The van der Waals surface area contributed by atoms with Crippen LogP contribution in [-0.2, 0) is 6.54 Å². The predicted molar refractivity (Wildman–Crippen MR) is 112 cm³/mol. The Labute approximate surface area is 175 Å². The average Bonchev–Trinajstić information content (AvgIpc) is 2.71. The predicted octanol–water partition coefficient (Wildman–Crippen LogP) is 3.76. The van der Waals surface area contributed by atoms with Gasteiger partial charge in [0.2, 0.25) is 0 Å². The maximum atomic E-state index is 12.3. The van der Waals surface area contributed by atoms with E-state index in [2.05, 4.69) is 26.2 Å². The molecule has 2 aromatic carbocycles. The molecule has 1 heterocycles. The molecule has 0 aliphatic heterocycles. The molecule has 0 unspecified atom stereocenters. The van der Waals surface area contributed by atoms with Crippen LogP contribution in [0.2, 0.25) is 5.02 Å². The van der Waals surface area contributed by atoms with Crippen LogP contribution >= 0.6 is 27.5 Å². The van der Waals surface area contributed by atoms with E-state index in [1.54, 1.807) is 25.3 Å². The van der Waals surface area contributed by atoms with Gasteiger partial charge in [-0.25, -0.2) is 4.98 Å². The SMILES string of the molecule is COc1ccc(-c2cc(=O)n(CCNC(=O)c3cc(Br)ccc3Cl)cn2)cc1. The van der Waals surface area contributed by atoms with Crippen LogP contribution in [0.25, 0.3) is 11.3 Å². The van der Waals surface area contributed by atoms with Crippen molar-refractivity contribution in [1.29, 1.82) is 0 Å². The van der Waals surface area contributed by atoms with E-state index in [4.69, 9.17) is 16.3 Å². The van der Waals surface area contributed by atoms with Gasteiger partial charge in [-0.2, -0.15) is 0 Å². The molecule has 144 valence electrons. The molecule has 0 atom stereocenters. The zero-order valence-electron chi connectivity index (χ0n) is 15.0. The Kier molecular flexibility index (Phi) is 6.49. The average molecular weight is 463 g/mol. The summed E-state index contributed by atoms with van der Waals surface area (Å²) in [6.07, 6.45) is 1.47. The molecule has 3 rings (SSSR count). The van der Waals surface area contributed by atoms with E-state index in [1.807, 2.05) is 24.3 Å². The standard InChI is InChI=1S/C20H17BrClN3O3/c1-28-15-5-2-13(3-6-15)18-11-19(26)25(12-24-18)9-8-23-20(27)16-10-14(21)4-7-17(16)22/h2-7,10-12H,8-9H2,1H3,(H,23,27). The van der Waals surface area contributed by atoms with Crippen LogP contribution in [-0.4, -0.2) is 29.1 Å². The number of carbonyl (C=O) groups excluding carboxylic acids is 1. The van der Waals surface area contributed by atoms with Gasteiger partial charge in [-0.05, 0) is 42.5 Å². The Morgan fingerprint density at radius 1 is 1.21 bits per heavy atom. The lowest BCUT2D eigenvalue weighted by atomic mass is 10.1. The van der Waals surface area contributed by atoms with Crippen LogP contribution in [0.5, 0.6) is 5.75 Å². The summed E-state index contributed by atoms with van der Waals surface area (Å²) < 4.78 is 7.33. The van der Waals surface area contributed by atoms with Crippen LogP contribution in [0.15, 0.2) is 64.1 Å². The quantitative estimate of drug-likeness (QED) is 0.605. The Morgan fingerprint density at radius 3 is 2.64 bits per heavy atom. The van der Waals surface area contributed by atoms with Crippen molar-refractivity contribution in [3.8, 4) is 17.0 Å². The lowest BCUT2D eigenvalue weighted by Crippen LogP contribution is -2.31. The number of ether oxygens (including phenoxy) is 1. The molecule has 1 aromatic heterocycles. The summed E-state index contributed by atoms with van der Waals surface area (Å²) in [5, 5.41) is 3.12. The highest BCUT2D eigenvalue weighted by molar-refractivity contribution is 9.10. The molecule has 28 heavy (non-hydrogen) atoms. The van der Waals surface area contributed by atoms with Crippen LogP contribution in [0.4, 0.5) is 0 Å². The van der Waals surface area contributed by atoms with Gasteiger partial charge in [0.1, 0.15) is 5.75 Å². The van der Waals surface area contributed by atoms with E-state index in [0.717, 1.165) is 15.8 Å².